The number of halogens is 2. The summed E-state index contributed by atoms with van der Waals surface area (Å²) in [4.78, 5) is 0. The number of aryl methyl sites for hydroxylation is 1. The van der Waals surface area contributed by atoms with Crippen molar-refractivity contribution in [2.24, 2.45) is 7.05 Å². The summed E-state index contributed by atoms with van der Waals surface area (Å²) in [6, 6.07) is 1.81. The van der Waals surface area contributed by atoms with E-state index in [-0.39, 0.29) is 6.61 Å². The molecule has 0 aromatic carbocycles. The number of hydrogen-bond acceptors (Lipinski definition) is 3. The molecule has 0 aliphatic heterocycles. The third-order valence-corrected chi connectivity index (χ3v) is 2.05. The molecular weight excluding hydrogens is 218 g/mol. The van der Waals surface area contributed by atoms with Crippen molar-refractivity contribution in [2.75, 3.05) is 13.2 Å². The summed E-state index contributed by atoms with van der Waals surface area (Å²) in [5.74, 6) is 0. The van der Waals surface area contributed by atoms with Gasteiger partial charge in [-0.05, 0) is 12.5 Å². The zero-order valence-corrected chi connectivity index (χ0v) is 9.14. The summed E-state index contributed by atoms with van der Waals surface area (Å²) < 4.78 is 29.7. The van der Waals surface area contributed by atoms with Crippen LogP contribution in [-0.2, 0) is 18.2 Å². The van der Waals surface area contributed by atoms with E-state index < -0.39 is 19.1 Å². The topological polar surface area (TPSA) is 47.3 Å². The summed E-state index contributed by atoms with van der Waals surface area (Å²) in [6.07, 6.45) is -0.516. The maximum absolute atomic E-state index is 11.7. The molecule has 1 aromatic heterocycles. The number of nitrogens with zero attached hydrogens (tertiary/aromatic N) is 2. The molecule has 1 heterocycles. The van der Waals surface area contributed by atoms with E-state index in [1.807, 2.05) is 6.07 Å². The van der Waals surface area contributed by atoms with Crippen LogP contribution in [0.1, 0.15) is 12.1 Å². The molecule has 92 valence electrons. The van der Waals surface area contributed by atoms with Crippen LogP contribution >= 0.6 is 0 Å². The molecule has 0 spiro atoms. The standard InChI is InChI=1S/C10H16F2N2O2/c1-14-4-2-8(13-14)6-9(15)3-5-16-7-10(11)12/h2,4,9-10,15H,3,5-7H2,1H3. The molecule has 1 rings (SSSR count). The van der Waals surface area contributed by atoms with Crippen molar-refractivity contribution in [2.45, 2.75) is 25.4 Å². The fraction of sp³-hybridized carbons (Fsp3) is 0.700. The largest absolute Gasteiger partial charge is 0.393 e. The van der Waals surface area contributed by atoms with E-state index in [9.17, 15) is 13.9 Å². The average molecular weight is 234 g/mol. The first-order valence-electron chi connectivity index (χ1n) is 5.10. The lowest BCUT2D eigenvalue weighted by atomic mass is 10.1. The average Bonchev–Trinajstić information content (AvgIpc) is 2.58. The molecule has 6 heteroatoms. The fourth-order valence-electron chi connectivity index (χ4n) is 1.31. The SMILES string of the molecule is Cn1ccc(CC(O)CCOCC(F)F)n1. The predicted octanol–water partition coefficient (Wildman–Crippen LogP) is 0.995. The second-order valence-corrected chi connectivity index (χ2v) is 3.59. The Morgan fingerprint density at radius 1 is 1.56 bits per heavy atom. The molecule has 0 amide bonds. The minimum Gasteiger partial charge on any atom is -0.393 e. The minimum absolute atomic E-state index is 0.137. The molecule has 0 fully saturated rings. The predicted molar refractivity (Wildman–Crippen MR) is 54.4 cm³/mol. The minimum atomic E-state index is -2.45. The van der Waals surface area contributed by atoms with Crippen LogP contribution in [0.25, 0.3) is 0 Å². The number of hydrogen-bond donors (Lipinski definition) is 1. The van der Waals surface area contributed by atoms with Gasteiger partial charge in [-0.1, -0.05) is 0 Å². The van der Waals surface area contributed by atoms with E-state index in [1.165, 1.54) is 0 Å². The molecule has 0 saturated heterocycles. The van der Waals surface area contributed by atoms with Crippen molar-refractivity contribution < 1.29 is 18.6 Å². The zero-order valence-electron chi connectivity index (χ0n) is 9.14. The molecule has 1 N–H and O–H groups in total. The van der Waals surface area contributed by atoms with E-state index in [0.29, 0.717) is 12.8 Å². The maximum Gasteiger partial charge on any atom is 0.261 e. The van der Waals surface area contributed by atoms with Crippen molar-refractivity contribution in [1.82, 2.24) is 9.78 Å². The molecule has 1 atom stereocenters. The molecule has 1 unspecified atom stereocenters. The highest BCUT2D eigenvalue weighted by Gasteiger charge is 2.08. The van der Waals surface area contributed by atoms with Gasteiger partial charge in [0, 0.05) is 26.3 Å². The normalized spacial score (nSPS) is 13.3. The van der Waals surface area contributed by atoms with Crippen LogP contribution < -0.4 is 0 Å². The fourth-order valence-corrected chi connectivity index (χ4v) is 1.31. The van der Waals surface area contributed by atoms with Gasteiger partial charge in [-0.25, -0.2) is 8.78 Å². The van der Waals surface area contributed by atoms with Gasteiger partial charge in [-0.2, -0.15) is 5.10 Å². The Morgan fingerprint density at radius 3 is 2.88 bits per heavy atom. The number of ether oxygens (including phenoxy) is 1. The quantitative estimate of drug-likeness (QED) is 0.716. The van der Waals surface area contributed by atoms with Crippen LogP contribution in [0.4, 0.5) is 8.78 Å². The van der Waals surface area contributed by atoms with E-state index in [2.05, 4.69) is 9.84 Å². The molecule has 0 bridgehead atoms. The van der Waals surface area contributed by atoms with Crippen LogP contribution in [-0.4, -0.2) is 40.6 Å². The summed E-state index contributed by atoms with van der Waals surface area (Å²) in [6.45, 7) is -0.436. The van der Waals surface area contributed by atoms with Crippen LogP contribution in [0.2, 0.25) is 0 Å². The van der Waals surface area contributed by atoms with Gasteiger partial charge < -0.3 is 9.84 Å². The third-order valence-electron chi connectivity index (χ3n) is 2.05. The Hall–Kier alpha value is -1.01. The number of rotatable bonds is 7. The molecule has 16 heavy (non-hydrogen) atoms. The Balaban J connectivity index is 2.13. The molecule has 0 aliphatic carbocycles. The highest BCUT2D eigenvalue weighted by atomic mass is 19.3. The Morgan fingerprint density at radius 2 is 2.31 bits per heavy atom. The molecule has 0 radical (unpaired) electrons. The molecular formula is C10H16F2N2O2. The lowest BCUT2D eigenvalue weighted by molar-refractivity contribution is 0.00503. The highest BCUT2D eigenvalue weighted by molar-refractivity contribution is 5.00. The maximum atomic E-state index is 11.7. The van der Waals surface area contributed by atoms with Gasteiger partial charge in [-0.15, -0.1) is 0 Å². The zero-order chi connectivity index (χ0) is 12.0. The van der Waals surface area contributed by atoms with Crippen LogP contribution in [0.15, 0.2) is 12.3 Å². The first-order chi connectivity index (χ1) is 7.58. The Kier molecular flexibility index (Phi) is 5.34. The second kappa shape index (κ2) is 6.55. The van der Waals surface area contributed by atoms with Gasteiger partial charge in [0.25, 0.3) is 6.43 Å². The van der Waals surface area contributed by atoms with Gasteiger partial charge in [0.05, 0.1) is 11.8 Å². The summed E-state index contributed by atoms with van der Waals surface area (Å²) in [5.41, 5.74) is 0.781. The van der Waals surface area contributed by atoms with E-state index >= 15 is 0 Å². The Labute approximate surface area is 92.8 Å². The van der Waals surface area contributed by atoms with Crippen LogP contribution in [0.3, 0.4) is 0 Å². The summed E-state index contributed by atoms with van der Waals surface area (Å²) in [5, 5.41) is 13.7. The molecule has 0 saturated carbocycles. The first kappa shape index (κ1) is 13.1. The molecule has 4 nitrogen and oxygen atoms in total. The van der Waals surface area contributed by atoms with E-state index in [1.54, 1.807) is 17.9 Å². The van der Waals surface area contributed by atoms with Gasteiger partial charge in [-0.3, -0.25) is 4.68 Å². The number of aliphatic hydroxyl groups excluding tert-OH is 1. The summed E-state index contributed by atoms with van der Waals surface area (Å²) in [7, 11) is 1.79. The number of aromatic nitrogens is 2. The summed E-state index contributed by atoms with van der Waals surface area (Å²) >= 11 is 0. The number of aliphatic hydroxyl groups is 1. The van der Waals surface area contributed by atoms with E-state index in [0.717, 1.165) is 5.69 Å². The van der Waals surface area contributed by atoms with Gasteiger partial charge in [0.15, 0.2) is 0 Å². The van der Waals surface area contributed by atoms with Gasteiger partial charge in [0.1, 0.15) is 6.61 Å². The Bertz CT molecular complexity index is 305. The van der Waals surface area contributed by atoms with Crippen molar-refractivity contribution in [3.63, 3.8) is 0 Å². The van der Waals surface area contributed by atoms with E-state index in [4.69, 9.17) is 0 Å². The first-order valence-corrected chi connectivity index (χ1v) is 5.10. The molecule has 0 aliphatic rings. The smallest absolute Gasteiger partial charge is 0.261 e. The third kappa shape index (κ3) is 5.18. The lowest BCUT2D eigenvalue weighted by Crippen LogP contribution is -2.15. The second-order valence-electron chi connectivity index (χ2n) is 3.59. The van der Waals surface area contributed by atoms with Crippen LogP contribution in [0, 0.1) is 0 Å². The van der Waals surface area contributed by atoms with Crippen molar-refractivity contribution in [3.05, 3.63) is 18.0 Å². The van der Waals surface area contributed by atoms with Crippen molar-refractivity contribution >= 4 is 0 Å². The monoisotopic (exact) mass is 234 g/mol. The highest BCUT2D eigenvalue weighted by Crippen LogP contribution is 2.04. The number of alkyl halides is 2. The van der Waals surface area contributed by atoms with Crippen LogP contribution in [0.5, 0.6) is 0 Å². The van der Waals surface area contributed by atoms with Crippen molar-refractivity contribution in [1.29, 1.82) is 0 Å². The van der Waals surface area contributed by atoms with Crippen molar-refractivity contribution in [3.8, 4) is 0 Å². The van der Waals surface area contributed by atoms with Gasteiger partial charge >= 0.3 is 0 Å². The lowest BCUT2D eigenvalue weighted by Gasteiger charge is -2.09. The molecule has 1 aromatic rings. The van der Waals surface area contributed by atoms with Gasteiger partial charge in [0.2, 0.25) is 0 Å².